The number of amides is 2. The van der Waals surface area contributed by atoms with Gasteiger partial charge in [0.05, 0.1) is 24.0 Å². The number of hydrogen-bond acceptors (Lipinski definition) is 8. The van der Waals surface area contributed by atoms with Gasteiger partial charge in [-0.1, -0.05) is 18.2 Å². The number of rotatable bonds is 13. The minimum Gasteiger partial charge on any atom is -0.370 e. The fraction of sp³-hybridized carbons (Fsp3) is 0.350. The lowest BCUT2D eigenvalue weighted by atomic mass is 10.1. The Kier molecular flexibility index (Phi) is 10.1. The molecule has 6 N–H and O–H groups in total. The van der Waals surface area contributed by atoms with Crippen molar-refractivity contribution in [2.24, 2.45) is 16.5 Å². The zero-order valence-electron chi connectivity index (χ0n) is 18.5. The first-order valence-corrected chi connectivity index (χ1v) is 12.5. The topological polar surface area (TPSA) is 190 Å². The molecule has 0 aliphatic carbocycles. The third kappa shape index (κ3) is 8.53. The summed E-state index contributed by atoms with van der Waals surface area (Å²) < 4.78 is 26.7. The maximum atomic E-state index is 12.7. The van der Waals surface area contributed by atoms with Gasteiger partial charge in [0.15, 0.2) is 11.0 Å². The predicted octanol–water partition coefficient (Wildman–Crippen LogP) is -0.699. The molecular weight excluding hydrogens is 482 g/mol. The van der Waals surface area contributed by atoms with Crippen LogP contribution in [0.15, 0.2) is 51.8 Å². The molecule has 2 aromatic rings. The van der Waals surface area contributed by atoms with Crippen LogP contribution in [0.25, 0.3) is 0 Å². The van der Waals surface area contributed by atoms with Crippen LogP contribution in [0.5, 0.6) is 0 Å². The van der Waals surface area contributed by atoms with E-state index in [4.69, 9.17) is 11.5 Å². The number of likely N-dealkylation sites (N-methyl/N-ethyl adjacent to an activating group) is 1. The van der Waals surface area contributed by atoms with Gasteiger partial charge in [-0.05, 0) is 25.0 Å². The highest BCUT2D eigenvalue weighted by Crippen LogP contribution is 2.11. The van der Waals surface area contributed by atoms with E-state index in [1.807, 2.05) is 0 Å². The number of carbonyl (C=O) groups is 3. The lowest BCUT2D eigenvalue weighted by Crippen LogP contribution is -2.47. The summed E-state index contributed by atoms with van der Waals surface area (Å²) in [6.45, 7) is -0.623. The molecule has 0 saturated carbocycles. The SMILES string of the molecule is CN(CC(=O)N[C@@H](CCCN=C(N)N)C(=O)c1nccs1)C(=O)CNS(=O)(=O)c1ccccc1. The summed E-state index contributed by atoms with van der Waals surface area (Å²) in [6, 6.07) is 6.71. The van der Waals surface area contributed by atoms with E-state index in [1.165, 1.54) is 25.4 Å². The number of hydrogen-bond donors (Lipinski definition) is 4. The van der Waals surface area contributed by atoms with Crippen molar-refractivity contribution < 1.29 is 22.8 Å². The Morgan fingerprint density at radius 3 is 2.53 bits per heavy atom. The van der Waals surface area contributed by atoms with Crippen molar-refractivity contribution in [2.75, 3.05) is 26.7 Å². The summed E-state index contributed by atoms with van der Waals surface area (Å²) in [6.07, 6.45) is 2.17. The zero-order valence-corrected chi connectivity index (χ0v) is 20.1. The van der Waals surface area contributed by atoms with Gasteiger partial charge in [-0.25, -0.2) is 18.1 Å². The van der Waals surface area contributed by atoms with E-state index in [9.17, 15) is 22.8 Å². The molecule has 0 aliphatic heterocycles. The van der Waals surface area contributed by atoms with Crippen molar-refractivity contribution in [3.63, 3.8) is 0 Å². The van der Waals surface area contributed by atoms with Gasteiger partial charge in [0.1, 0.15) is 0 Å². The van der Waals surface area contributed by atoms with Crippen molar-refractivity contribution >= 4 is 44.9 Å². The van der Waals surface area contributed by atoms with Crippen LogP contribution < -0.4 is 21.5 Å². The van der Waals surface area contributed by atoms with Crippen LogP contribution in [0.3, 0.4) is 0 Å². The molecule has 1 atom stereocenters. The third-order valence-corrected chi connectivity index (χ3v) is 6.72. The highest BCUT2D eigenvalue weighted by atomic mass is 32.2. The molecule has 14 heteroatoms. The Morgan fingerprint density at radius 1 is 1.21 bits per heavy atom. The molecule has 0 saturated heterocycles. The monoisotopic (exact) mass is 509 g/mol. The maximum Gasteiger partial charge on any atom is 0.241 e. The molecule has 1 aromatic heterocycles. The van der Waals surface area contributed by atoms with Crippen LogP contribution in [0, 0.1) is 0 Å². The number of Topliss-reactive ketones (excluding diaryl/α,β-unsaturated/α-hetero) is 1. The zero-order chi connectivity index (χ0) is 25.1. The van der Waals surface area contributed by atoms with Gasteiger partial charge in [-0.2, -0.15) is 0 Å². The number of aromatic nitrogens is 1. The molecular formula is C20H27N7O5S2. The molecule has 12 nitrogen and oxygen atoms in total. The van der Waals surface area contributed by atoms with Gasteiger partial charge in [-0.15, -0.1) is 11.3 Å². The number of benzene rings is 1. The van der Waals surface area contributed by atoms with Crippen molar-refractivity contribution in [1.29, 1.82) is 0 Å². The van der Waals surface area contributed by atoms with Crippen LogP contribution in [-0.2, 0) is 19.6 Å². The molecule has 1 heterocycles. The fourth-order valence-electron chi connectivity index (χ4n) is 2.78. The van der Waals surface area contributed by atoms with E-state index in [0.717, 1.165) is 16.2 Å². The van der Waals surface area contributed by atoms with Gasteiger partial charge in [0, 0.05) is 25.2 Å². The third-order valence-electron chi connectivity index (χ3n) is 4.51. The molecule has 0 fully saturated rings. The molecule has 0 radical (unpaired) electrons. The molecule has 184 valence electrons. The average molecular weight is 510 g/mol. The minimum absolute atomic E-state index is 0.0208. The van der Waals surface area contributed by atoms with Gasteiger partial charge in [-0.3, -0.25) is 19.4 Å². The molecule has 2 amide bonds. The highest BCUT2D eigenvalue weighted by molar-refractivity contribution is 7.89. The number of ketones is 1. The molecule has 0 spiro atoms. The Labute approximate surface area is 201 Å². The normalized spacial score (nSPS) is 11.9. The fourth-order valence-corrected chi connectivity index (χ4v) is 4.41. The van der Waals surface area contributed by atoms with E-state index in [2.05, 4.69) is 20.0 Å². The number of nitrogens with one attached hydrogen (secondary N) is 2. The highest BCUT2D eigenvalue weighted by Gasteiger charge is 2.25. The number of aliphatic imine (C=N–C) groups is 1. The Hall–Kier alpha value is -3.36. The molecule has 1 aromatic carbocycles. The lowest BCUT2D eigenvalue weighted by Gasteiger charge is -2.20. The number of nitrogens with two attached hydrogens (primary N) is 2. The van der Waals surface area contributed by atoms with Crippen molar-refractivity contribution in [1.82, 2.24) is 19.9 Å². The van der Waals surface area contributed by atoms with Crippen LogP contribution in [0.2, 0.25) is 0 Å². The van der Waals surface area contributed by atoms with Crippen LogP contribution in [0.1, 0.15) is 22.6 Å². The summed E-state index contributed by atoms with van der Waals surface area (Å²) >= 11 is 1.15. The maximum absolute atomic E-state index is 12.7. The Morgan fingerprint density at radius 2 is 1.91 bits per heavy atom. The summed E-state index contributed by atoms with van der Waals surface area (Å²) in [7, 11) is -2.51. The first-order valence-electron chi connectivity index (χ1n) is 10.2. The van der Waals surface area contributed by atoms with Crippen LogP contribution >= 0.6 is 11.3 Å². The number of thiazole rings is 1. The van der Waals surface area contributed by atoms with Crippen LogP contribution in [-0.4, -0.2) is 74.6 Å². The van der Waals surface area contributed by atoms with Crippen molar-refractivity contribution in [3.05, 3.63) is 46.9 Å². The summed E-state index contributed by atoms with van der Waals surface area (Å²) in [5.41, 5.74) is 10.6. The quantitative estimate of drug-likeness (QED) is 0.118. The number of guanidine groups is 1. The van der Waals surface area contributed by atoms with Crippen LogP contribution in [0.4, 0.5) is 0 Å². The second-order valence-corrected chi connectivity index (χ2v) is 9.82. The molecule has 34 heavy (non-hydrogen) atoms. The van der Waals surface area contributed by atoms with E-state index in [0.29, 0.717) is 6.42 Å². The second kappa shape index (κ2) is 12.8. The Bertz CT molecular complexity index is 1100. The predicted molar refractivity (Wildman–Crippen MR) is 128 cm³/mol. The minimum atomic E-state index is -3.87. The molecule has 2 rings (SSSR count). The number of carbonyl (C=O) groups excluding carboxylic acids is 3. The summed E-state index contributed by atoms with van der Waals surface area (Å²) in [4.78, 5) is 46.5. The smallest absolute Gasteiger partial charge is 0.241 e. The van der Waals surface area contributed by atoms with E-state index in [1.54, 1.807) is 23.6 Å². The lowest BCUT2D eigenvalue weighted by molar-refractivity contribution is -0.133. The standard InChI is InChI=1S/C20H27N7O5S2/c1-27(17(29)12-25-34(31,32)14-6-3-2-4-7-14)13-16(28)26-15(8-5-9-24-20(21)22)18(30)19-23-10-11-33-19/h2-4,6-7,10-11,15,25H,5,8-9,12-13H2,1H3,(H,26,28)(H4,21,22,24)/t15-/m0/s1. The number of nitrogens with zero attached hydrogens (tertiary/aromatic N) is 3. The van der Waals surface area contributed by atoms with E-state index < -0.39 is 34.4 Å². The largest absolute Gasteiger partial charge is 0.370 e. The second-order valence-electron chi connectivity index (χ2n) is 7.16. The van der Waals surface area contributed by atoms with Gasteiger partial charge in [0.2, 0.25) is 27.6 Å². The van der Waals surface area contributed by atoms with Gasteiger partial charge >= 0.3 is 0 Å². The average Bonchev–Trinajstić information content (AvgIpc) is 3.34. The van der Waals surface area contributed by atoms with E-state index >= 15 is 0 Å². The summed E-state index contributed by atoms with van der Waals surface area (Å²) in [5, 5.41) is 4.50. The first kappa shape index (κ1) is 26.9. The van der Waals surface area contributed by atoms with Crippen molar-refractivity contribution in [2.45, 2.75) is 23.8 Å². The molecule has 0 aliphatic rings. The molecule has 0 unspecified atom stereocenters. The number of sulfonamides is 1. The van der Waals surface area contributed by atoms with Gasteiger partial charge < -0.3 is 21.7 Å². The first-order chi connectivity index (χ1) is 16.1. The van der Waals surface area contributed by atoms with Gasteiger partial charge in [0.25, 0.3) is 0 Å². The van der Waals surface area contributed by atoms with E-state index in [-0.39, 0.29) is 41.2 Å². The Balaban J connectivity index is 1.92. The molecule has 0 bridgehead atoms. The van der Waals surface area contributed by atoms with Crippen molar-refractivity contribution in [3.8, 4) is 0 Å². The summed E-state index contributed by atoms with van der Waals surface area (Å²) in [5.74, 6) is -1.64.